The van der Waals surface area contributed by atoms with Gasteiger partial charge in [-0.25, -0.2) is 13.8 Å². The first-order valence-electron chi connectivity index (χ1n) is 5.64. The number of pyridine rings is 1. The molecule has 0 N–H and O–H groups in total. The molecule has 0 fully saturated rings. The van der Waals surface area contributed by atoms with Crippen LogP contribution in [0.15, 0.2) is 55.4 Å². The molecule has 3 nitrogen and oxygen atoms in total. The zero-order valence-electron chi connectivity index (χ0n) is 9.79. The number of hydrogen-bond donors (Lipinski definition) is 0. The monoisotopic (exact) mass is 257 g/mol. The van der Waals surface area contributed by atoms with Gasteiger partial charge in [-0.3, -0.25) is 4.98 Å². The molecule has 0 spiro atoms. The van der Waals surface area contributed by atoms with Crippen molar-refractivity contribution in [2.24, 2.45) is 0 Å². The summed E-state index contributed by atoms with van der Waals surface area (Å²) in [6.45, 7) is 0. The Morgan fingerprint density at radius 3 is 2.37 bits per heavy atom. The van der Waals surface area contributed by atoms with Gasteiger partial charge in [0.05, 0.1) is 17.6 Å². The molecule has 0 aliphatic carbocycles. The van der Waals surface area contributed by atoms with Crippen molar-refractivity contribution in [2.75, 3.05) is 0 Å². The van der Waals surface area contributed by atoms with Gasteiger partial charge < -0.3 is 4.57 Å². The SMILES string of the molecule is Fc1ccc(-n2ccnc2)c(F)c1-c1ccncc1. The van der Waals surface area contributed by atoms with Gasteiger partial charge in [0.15, 0.2) is 5.82 Å². The van der Waals surface area contributed by atoms with E-state index in [4.69, 9.17) is 0 Å². The third-order valence-corrected chi connectivity index (χ3v) is 2.82. The first kappa shape index (κ1) is 11.5. The first-order valence-corrected chi connectivity index (χ1v) is 5.64. The van der Waals surface area contributed by atoms with E-state index in [2.05, 4.69) is 9.97 Å². The Morgan fingerprint density at radius 2 is 1.68 bits per heavy atom. The van der Waals surface area contributed by atoms with Crippen LogP contribution in [0.4, 0.5) is 8.78 Å². The second-order valence-electron chi connectivity index (χ2n) is 3.96. The largest absolute Gasteiger partial charge is 0.303 e. The number of imidazole rings is 1. The molecule has 19 heavy (non-hydrogen) atoms. The average Bonchev–Trinajstić information content (AvgIpc) is 2.94. The van der Waals surface area contributed by atoms with Gasteiger partial charge in [0.1, 0.15) is 5.82 Å². The van der Waals surface area contributed by atoms with Crippen LogP contribution in [0.5, 0.6) is 0 Å². The molecular formula is C14H9F2N3. The standard InChI is InChI=1S/C14H9F2N3/c15-11-1-2-12(19-8-7-18-9-19)14(16)13(11)10-3-5-17-6-4-10/h1-9H. The molecule has 0 amide bonds. The van der Waals surface area contributed by atoms with E-state index in [1.165, 1.54) is 41.6 Å². The Labute approximate surface area is 108 Å². The minimum atomic E-state index is -0.621. The summed E-state index contributed by atoms with van der Waals surface area (Å²) in [5, 5.41) is 0. The van der Waals surface area contributed by atoms with Gasteiger partial charge in [-0.1, -0.05) is 0 Å². The molecule has 1 aromatic carbocycles. The molecule has 0 unspecified atom stereocenters. The van der Waals surface area contributed by atoms with Crippen LogP contribution in [-0.2, 0) is 0 Å². The quantitative estimate of drug-likeness (QED) is 0.705. The lowest BCUT2D eigenvalue weighted by atomic mass is 10.0. The minimum absolute atomic E-state index is 0.0615. The topological polar surface area (TPSA) is 30.7 Å². The molecule has 0 saturated heterocycles. The summed E-state index contributed by atoms with van der Waals surface area (Å²) >= 11 is 0. The fourth-order valence-electron chi connectivity index (χ4n) is 1.93. The second kappa shape index (κ2) is 4.61. The number of halogens is 2. The molecule has 2 heterocycles. The fourth-order valence-corrected chi connectivity index (χ4v) is 1.93. The van der Waals surface area contributed by atoms with Gasteiger partial charge in [-0.15, -0.1) is 0 Å². The number of hydrogen-bond acceptors (Lipinski definition) is 2. The molecule has 0 radical (unpaired) electrons. The van der Waals surface area contributed by atoms with Gasteiger partial charge in [0.25, 0.3) is 0 Å². The third kappa shape index (κ3) is 1.99. The van der Waals surface area contributed by atoms with Gasteiger partial charge in [-0.2, -0.15) is 0 Å². The van der Waals surface area contributed by atoms with E-state index < -0.39 is 11.6 Å². The van der Waals surface area contributed by atoms with Crippen molar-refractivity contribution in [3.63, 3.8) is 0 Å². The normalized spacial score (nSPS) is 10.6. The number of aromatic nitrogens is 3. The molecule has 0 aliphatic heterocycles. The Morgan fingerprint density at radius 1 is 0.895 bits per heavy atom. The van der Waals surface area contributed by atoms with E-state index >= 15 is 0 Å². The lowest BCUT2D eigenvalue weighted by molar-refractivity contribution is 0.584. The maximum absolute atomic E-state index is 14.5. The van der Waals surface area contributed by atoms with Crippen molar-refractivity contribution in [1.29, 1.82) is 0 Å². The lowest BCUT2D eigenvalue weighted by Crippen LogP contribution is -1.99. The highest BCUT2D eigenvalue weighted by Crippen LogP contribution is 2.29. The molecule has 5 heteroatoms. The van der Waals surface area contributed by atoms with Crippen molar-refractivity contribution in [2.45, 2.75) is 0 Å². The van der Waals surface area contributed by atoms with Gasteiger partial charge in [-0.05, 0) is 29.8 Å². The van der Waals surface area contributed by atoms with E-state index in [9.17, 15) is 8.78 Å². The molecule has 94 valence electrons. The van der Waals surface area contributed by atoms with Crippen LogP contribution in [0, 0.1) is 11.6 Å². The predicted molar refractivity (Wildman–Crippen MR) is 66.7 cm³/mol. The van der Waals surface area contributed by atoms with E-state index in [0.29, 0.717) is 5.56 Å². The number of rotatable bonds is 2. The van der Waals surface area contributed by atoms with Crippen LogP contribution in [0.2, 0.25) is 0 Å². The Hall–Kier alpha value is -2.56. The third-order valence-electron chi connectivity index (χ3n) is 2.82. The maximum Gasteiger partial charge on any atom is 0.157 e. The molecular weight excluding hydrogens is 248 g/mol. The molecule has 0 aliphatic rings. The number of benzene rings is 1. The van der Waals surface area contributed by atoms with Gasteiger partial charge >= 0.3 is 0 Å². The zero-order chi connectivity index (χ0) is 13.2. The second-order valence-corrected chi connectivity index (χ2v) is 3.96. The van der Waals surface area contributed by atoms with Crippen molar-refractivity contribution in [1.82, 2.24) is 14.5 Å². The van der Waals surface area contributed by atoms with E-state index in [-0.39, 0.29) is 11.3 Å². The Bertz CT molecular complexity index is 694. The average molecular weight is 257 g/mol. The summed E-state index contributed by atoms with van der Waals surface area (Å²) in [4.78, 5) is 7.70. The van der Waals surface area contributed by atoms with Crippen molar-refractivity contribution >= 4 is 0 Å². The summed E-state index contributed by atoms with van der Waals surface area (Å²) < 4.78 is 29.8. The Balaban J connectivity index is 2.23. The fraction of sp³-hybridized carbons (Fsp3) is 0. The highest BCUT2D eigenvalue weighted by molar-refractivity contribution is 5.67. The number of nitrogens with zero attached hydrogens (tertiary/aromatic N) is 3. The molecule has 0 atom stereocenters. The molecule has 0 bridgehead atoms. The van der Waals surface area contributed by atoms with Crippen molar-refractivity contribution in [3.8, 4) is 16.8 Å². The van der Waals surface area contributed by atoms with Gasteiger partial charge in [0.2, 0.25) is 0 Å². The van der Waals surface area contributed by atoms with E-state index in [0.717, 1.165) is 0 Å². The summed E-state index contributed by atoms with van der Waals surface area (Å²) in [5.74, 6) is -1.23. The van der Waals surface area contributed by atoms with Gasteiger partial charge in [0, 0.05) is 24.8 Å². The van der Waals surface area contributed by atoms with Crippen LogP contribution < -0.4 is 0 Å². The summed E-state index contributed by atoms with van der Waals surface area (Å²) in [7, 11) is 0. The lowest BCUT2D eigenvalue weighted by Gasteiger charge is -2.10. The molecule has 2 aromatic heterocycles. The molecule has 0 saturated carbocycles. The van der Waals surface area contributed by atoms with Crippen LogP contribution in [0.25, 0.3) is 16.8 Å². The summed E-state index contributed by atoms with van der Waals surface area (Å²) in [5.41, 5.74) is 0.645. The molecule has 3 rings (SSSR count). The van der Waals surface area contributed by atoms with E-state index in [1.54, 1.807) is 18.3 Å². The van der Waals surface area contributed by atoms with Crippen LogP contribution in [0.3, 0.4) is 0 Å². The highest BCUT2D eigenvalue weighted by Gasteiger charge is 2.16. The van der Waals surface area contributed by atoms with E-state index in [1.807, 2.05) is 0 Å². The highest BCUT2D eigenvalue weighted by atomic mass is 19.1. The maximum atomic E-state index is 14.5. The van der Waals surface area contributed by atoms with Crippen molar-refractivity contribution in [3.05, 3.63) is 67.0 Å². The van der Waals surface area contributed by atoms with Crippen LogP contribution in [0.1, 0.15) is 0 Å². The predicted octanol–water partition coefficient (Wildman–Crippen LogP) is 3.21. The molecule has 3 aromatic rings. The smallest absolute Gasteiger partial charge is 0.157 e. The Kier molecular flexibility index (Phi) is 2.79. The van der Waals surface area contributed by atoms with Crippen LogP contribution >= 0.6 is 0 Å². The van der Waals surface area contributed by atoms with Crippen LogP contribution in [-0.4, -0.2) is 14.5 Å². The zero-order valence-corrected chi connectivity index (χ0v) is 9.79. The summed E-state index contributed by atoms with van der Waals surface area (Å²) in [6.07, 6.45) is 7.60. The minimum Gasteiger partial charge on any atom is -0.303 e. The van der Waals surface area contributed by atoms with Crippen molar-refractivity contribution < 1.29 is 8.78 Å². The summed E-state index contributed by atoms with van der Waals surface area (Å²) in [6, 6.07) is 5.77. The first-order chi connectivity index (χ1) is 9.27.